The lowest BCUT2D eigenvalue weighted by Crippen LogP contribution is -2.42. The van der Waals surface area contributed by atoms with Crippen LogP contribution in [-0.2, 0) is 4.79 Å². The van der Waals surface area contributed by atoms with Crippen molar-refractivity contribution >= 4 is 23.2 Å². The van der Waals surface area contributed by atoms with Gasteiger partial charge in [0.1, 0.15) is 5.01 Å². The molecule has 0 atom stereocenters. The molecule has 0 radical (unpaired) electrons. The second kappa shape index (κ2) is 7.57. The number of thiazole rings is 1. The van der Waals surface area contributed by atoms with E-state index in [9.17, 15) is 9.59 Å². The largest absolute Gasteiger partial charge is 0.343 e. The first kappa shape index (κ1) is 16.6. The summed E-state index contributed by atoms with van der Waals surface area (Å²) in [6, 6.07) is 7.32. The van der Waals surface area contributed by atoms with Crippen LogP contribution in [0.4, 0.5) is 0 Å². The fraction of sp³-hybridized carbons (Fsp3) is 0.389. The zero-order valence-corrected chi connectivity index (χ0v) is 14.6. The second-order valence-electron chi connectivity index (χ2n) is 6.00. The highest BCUT2D eigenvalue weighted by atomic mass is 32.1. The van der Waals surface area contributed by atoms with Crippen molar-refractivity contribution in [3.8, 4) is 10.6 Å². The highest BCUT2D eigenvalue weighted by Crippen LogP contribution is 2.23. The molecule has 0 aliphatic carbocycles. The van der Waals surface area contributed by atoms with Crippen LogP contribution in [-0.4, -0.2) is 41.3 Å². The predicted octanol–water partition coefficient (Wildman–Crippen LogP) is 2.86. The van der Waals surface area contributed by atoms with Crippen LogP contribution in [0.3, 0.4) is 0 Å². The zero-order valence-electron chi connectivity index (χ0n) is 13.7. The highest BCUT2D eigenvalue weighted by Gasteiger charge is 2.17. The van der Waals surface area contributed by atoms with Gasteiger partial charge in [0, 0.05) is 35.3 Å². The van der Waals surface area contributed by atoms with E-state index < -0.39 is 0 Å². The van der Waals surface area contributed by atoms with Gasteiger partial charge >= 0.3 is 0 Å². The fourth-order valence-corrected chi connectivity index (χ4v) is 3.57. The Morgan fingerprint density at radius 2 is 1.88 bits per heavy atom. The molecule has 0 bridgehead atoms. The molecule has 24 heavy (non-hydrogen) atoms. The summed E-state index contributed by atoms with van der Waals surface area (Å²) in [5, 5.41) is 5.66. The molecule has 3 rings (SSSR count). The molecule has 126 valence electrons. The number of aryl methyl sites for hydroxylation is 1. The standard InChI is InChI=1S/C18H21N3O2S/c1-13-12-24-18(20-13)15-7-5-14(6-8-15)17(23)19-11-16(22)21-9-3-2-4-10-21/h5-8,12H,2-4,9-11H2,1H3,(H,19,23). The number of nitrogens with zero attached hydrogens (tertiary/aromatic N) is 2. The van der Waals surface area contributed by atoms with E-state index in [-0.39, 0.29) is 18.4 Å². The van der Waals surface area contributed by atoms with Crippen molar-refractivity contribution in [2.45, 2.75) is 26.2 Å². The van der Waals surface area contributed by atoms with E-state index in [2.05, 4.69) is 10.3 Å². The van der Waals surface area contributed by atoms with Gasteiger partial charge in [-0.2, -0.15) is 0 Å². The van der Waals surface area contributed by atoms with Gasteiger partial charge in [0.15, 0.2) is 0 Å². The van der Waals surface area contributed by atoms with Crippen LogP contribution in [0.1, 0.15) is 35.3 Å². The number of rotatable bonds is 4. The van der Waals surface area contributed by atoms with Gasteiger partial charge in [-0.25, -0.2) is 4.98 Å². The molecule has 1 fully saturated rings. The Labute approximate surface area is 145 Å². The van der Waals surface area contributed by atoms with E-state index in [0.717, 1.165) is 42.2 Å². The van der Waals surface area contributed by atoms with Crippen molar-refractivity contribution in [2.75, 3.05) is 19.6 Å². The van der Waals surface area contributed by atoms with Crippen molar-refractivity contribution in [1.82, 2.24) is 15.2 Å². The average molecular weight is 343 g/mol. The van der Waals surface area contributed by atoms with Gasteiger partial charge in [-0.05, 0) is 38.3 Å². The molecule has 2 amide bonds. The number of likely N-dealkylation sites (tertiary alicyclic amines) is 1. The van der Waals surface area contributed by atoms with Gasteiger partial charge in [0.25, 0.3) is 5.91 Å². The molecule has 1 saturated heterocycles. The minimum atomic E-state index is -0.220. The summed E-state index contributed by atoms with van der Waals surface area (Å²) in [4.78, 5) is 30.5. The number of hydrogen-bond donors (Lipinski definition) is 1. The van der Waals surface area contributed by atoms with Crippen molar-refractivity contribution in [3.05, 3.63) is 40.9 Å². The summed E-state index contributed by atoms with van der Waals surface area (Å²) in [6.07, 6.45) is 3.29. The monoisotopic (exact) mass is 343 g/mol. The lowest BCUT2D eigenvalue weighted by atomic mass is 10.1. The lowest BCUT2D eigenvalue weighted by Gasteiger charge is -2.26. The number of amides is 2. The minimum Gasteiger partial charge on any atom is -0.343 e. The molecule has 2 aromatic rings. The van der Waals surface area contributed by atoms with Crippen LogP contribution in [0.2, 0.25) is 0 Å². The molecule has 5 nitrogen and oxygen atoms in total. The van der Waals surface area contributed by atoms with Gasteiger partial charge in [0.05, 0.1) is 6.54 Å². The maximum absolute atomic E-state index is 12.2. The van der Waals surface area contributed by atoms with Crippen LogP contribution in [0.15, 0.2) is 29.6 Å². The zero-order chi connectivity index (χ0) is 16.9. The van der Waals surface area contributed by atoms with Crippen LogP contribution < -0.4 is 5.32 Å². The molecule has 0 spiro atoms. The Balaban J connectivity index is 1.56. The number of hydrogen-bond acceptors (Lipinski definition) is 4. The maximum Gasteiger partial charge on any atom is 0.251 e. The van der Waals surface area contributed by atoms with Crippen LogP contribution in [0.5, 0.6) is 0 Å². The van der Waals surface area contributed by atoms with E-state index in [1.165, 1.54) is 6.42 Å². The summed E-state index contributed by atoms with van der Waals surface area (Å²) in [6.45, 7) is 3.63. The average Bonchev–Trinajstić information content (AvgIpc) is 3.06. The number of carbonyl (C=O) groups excluding carboxylic acids is 2. The van der Waals surface area contributed by atoms with Crippen LogP contribution in [0, 0.1) is 6.92 Å². The molecule has 0 unspecified atom stereocenters. The van der Waals surface area contributed by atoms with Gasteiger partial charge in [-0.1, -0.05) is 12.1 Å². The number of nitrogens with one attached hydrogen (secondary N) is 1. The van der Waals surface area contributed by atoms with E-state index in [0.29, 0.717) is 5.56 Å². The number of aromatic nitrogens is 1. The molecule has 1 N–H and O–H groups in total. The molecule has 1 aliphatic rings. The Morgan fingerprint density at radius 3 is 2.50 bits per heavy atom. The molecular weight excluding hydrogens is 322 g/mol. The van der Waals surface area contributed by atoms with Crippen molar-refractivity contribution in [3.63, 3.8) is 0 Å². The summed E-state index contributed by atoms with van der Waals surface area (Å²) >= 11 is 1.59. The molecule has 1 aromatic carbocycles. The molecule has 1 aromatic heterocycles. The Bertz CT molecular complexity index is 718. The number of benzene rings is 1. The minimum absolute atomic E-state index is 0.00192. The fourth-order valence-electron chi connectivity index (χ4n) is 2.76. The maximum atomic E-state index is 12.2. The predicted molar refractivity (Wildman–Crippen MR) is 95.1 cm³/mol. The van der Waals surface area contributed by atoms with Gasteiger partial charge < -0.3 is 10.2 Å². The van der Waals surface area contributed by atoms with Gasteiger partial charge in [0.2, 0.25) is 5.91 Å². The van der Waals surface area contributed by atoms with Gasteiger partial charge in [-0.3, -0.25) is 9.59 Å². The lowest BCUT2D eigenvalue weighted by molar-refractivity contribution is -0.130. The van der Waals surface area contributed by atoms with Crippen molar-refractivity contribution in [1.29, 1.82) is 0 Å². The summed E-state index contributed by atoms with van der Waals surface area (Å²) in [7, 11) is 0. The van der Waals surface area contributed by atoms with Gasteiger partial charge in [-0.15, -0.1) is 11.3 Å². The second-order valence-corrected chi connectivity index (χ2v) is 6.85. The summed E-state index contributed by atoms with van der Waals surface area (Å²) in [5.41, 5.74) is 2.54. The number of carbonyl (C=O) groups is 2. The smallest absolute Gasteiger partial charge is 0.251 e. The first-order chi connectivity index (χ1) is 11.6. The third-order valence-corrected chi connectivity index (χ3v) is 5.13. The normalized spacial score (nSPS) is 14.5. The van der Waals surface area contributed by atoms with E-state index in [1.807, 2.05) is 29.3 Å². The third-order valence-electron chi connectivity index (χ3n) is 4.12. The van der Waals surface area contributed by atoms with Crippen molar-refractivity contribution < 1.29 is 9.59 Å². The first-order valence-corrected chi connectivity index (χ1v) is 9.10. The molecule has 1 aliphatic heterocycles. The summed E-state index contributed by atoms with van der Waals surface area (Å²) < 4.78 is 0. The van der Waals surface area contributed by atoms with Crippen molar-refractivity contribution in [2.24, 2.45) is 0 Å². The Morgan fingerprint density at radius 1 is 1.17 bits per heavy atom. The van der Waals surface area contributed by atoms with E-state index in [4.69, 9.17) is 0 Å². The third kappa shape index (κ3) is 4.00. The molecule has 6 heteroatoms. The Hall–Kier alpha value is -2.21. The highest BCUT2D eigenvalue weighted by molar-refractivity contribution is 7.13. The van der Waals surface area contributed by atoms with Crippen LogP contribution in [0.25, 0.3) is 10.6 Å². The molecular formula is C18H21N3O2S. The van der Waals surface area contributed by atoms with E-state index in [1.54, 1.807) is 23.5 Å². The number of piperidine rings is 1. The quantitative estimate of drug-likeness (QED) is 0.928. The van der Waals surface area contributed by atoms with E-state index >= 15 is 0 Å². The SMILES string of the molecule is Cc1csc(-c2ccc(C(=O)NCC(=O)N3CCCCC3)cc2)n1. The van der Waals surface area contributed by atoms with Crippen LogP contribution >= 0.6 is 11.3 Å². The Kier molecular flexibility index (Phi) is 5.25. The summed E-state index contributed by atoms with van der Waals surface area (Å²) in [5.74, 6) is -0.222. The molecule has 2 heterocycles. The topological polar surface area (TPSA) is 62.3 Å². The molecule has 0 saturated carbocycles. The first-order valence-electron chi connectivity index (χ1n) is 8.22.